The Hall–Kier alpha value is -2.56. The van der Waals surface area contributed by atoms with Crippen molar-refractivity contribution < 1.29 is 18.8 Å². The molecule has 0 saturated carbocycles. The minimum Gasteiger partial charge on any atom is -0.501 e. The number of allylic oxidation sites excluding steroid dienone is 1. The van der Waals surface area contributed by atoms with Gasteiger partial charge in [-0.15, -0.1) is 0 Å². The SMILES string of the molecule is CCO/C=C/C(=O)Cc1ccc(-c2c(C)noc2C)c(OC)c1. The Morgan fingerprint density at radius 3 is 2.74 bits per heavy atom. The Morgan fingerprint density at radius 2 is 2.13 bits per heavy atom. The van der Waals surface area contributed by atoms with Crippen LogP contribution in [0.1, 0.15) is 23.9 Å². The van der Waals surface area contributed by atoms with Gasteiger partial charge in [0.15, 0.2) is 5.78 Å². The average molecular weight is 315 g/mol. The molecule has 5 nitrogen and oxygen atoms in total. The fraction of sp³-hybridized carbons (Fsp3) is 0.333. The quantitative estimate of drug-likeness (QED) is 0.577. The highest BCUT2D eigenvalue weighted by Crippen LogP contribution is 2.35. The highest BCUT2D eigenvalue weighted by atomic mass is 16.5. The largest absolute Gasteiger partial charge is 0.501 e. The summed E-state index contributed by atoms with van der Waals surface area (Å²) in [5.41, 5.74) is 3.52. The molecule has 1 aromatic carbocycles. The summed E-state index contributed by atoms with van der Waals surface area (Å²) >= 11 is 0. The topological polar surface area (TPSA) is 61.6 Å². The maximum absolute atomic E-state index is 11.9. The van der Waals surface area contributed by atoms with Gasteiger partial charge in [0.25, 0.3) is 0 Å². The Labute approximate surface area is 135 Å². The molecule has 0 atom stereocenters. The van der Waals surface area contributed by atoms with Gasteiger partial charge in [-0.25, -0.2) is 0 Å². The van der Waals surface area contributed by atoms with E-state index in [2.05, 4.69) is 5.16 Å². The molecule has 5 heteroatoms. The van der Waals surface area contributed by atoms with E-state index in [1.54, 1.807) is 7.11 Å². The summed E-state index contributed by atoms with van der Waals surface area (Å²) in [6.45, 7) is 6.17. The molecule has 0 aliphatic heterocycles. The number of rotatable bonds is 7. The van der Waals surface area contributed by atoms with E-state index < -0.39 is 0 Å². The van der Waals surface area contributed by atoms with E-state index in [1.165, 1.54) is 12.3 Å². The van der Waals surface area contributed by atoms with Gasteiger partial charge in [0.2, 0.25) is 0 Å². The molecular formula is C18H21NO4. The van der Waals surface area contributed by atoms with Crippen LogP contribution < -0.4 is 4.74 Å². The molecule has 1 aromatic heterocycles. The van der Waals surface area contributed by atoms with Crippen LogP contribution in [0.3, 0.4) is 0 Å². The van der Waals surface area contributed by atoms with Gasteiger partial charge in [-0.3, -0.25) is 4.79 Å². The van der Waals surface area contributed by atoms with Crippen LogP contribution in [-0.4, -0.2) is 24.7 Å². The number of carbonyl (C=O) groups excluding carboxylic acids is 1. The summed E-state index contributed by atoms with van der Waals surface area (Å²) in [6, 6.07) is 5.71. The van der Waals surface area contributed by atoms with Crippen molar-refractivity contribution in [2.24, 2.45) is 0 Å². The Bertz CT molecular complexity index is 696. The number of aryl methyl sites for hydroxylation is 2. The summed E-state index contributed by atoms with van der Waals surface area (Å²) in [6.07, 6.45) is 3.16. The fourth-order valence-electron chi connectivity index (χ4n) is 2.40. The number of ketones is 1. The zero-order valence-electron chi connectivity index (χ0n) is 13.9. The van der Waals surface area contributed by atoms with E-state index in [9.17, 15) is 4.79 Å². The molecule has 0 N–H and O–H groups in total. The molecule has 0 radical (unpaired) electrons. The van der Waals surface area contributed by atoms with Gasteiger partial charge < -0.3 is 14.0 Å². The van der Waals surface area contributed by atoms with Crippen LogP contribution in [0.4, 0.5) is 0 Å². The van der Waals surface area contributed by atoms with Crippen LogP contribution in [0.25, 0.3) is 11.1 Å². The summed E-state index contributed by atoms with van der Waals surface area (Å²) in [5, 5.41) is 3.97. The zero-order chi connectivity index (χ0) is 16.8. The lowest BCUT2D eigenvalue weighted by molar-refractivity contribution is -0.114. The van der Waals surface area contributed by atoms with E-state index in [0.717, 1.165) is 28.1 Å². The van der Waals surface area contributed by atoms with E-state index in [1.807, 2.05) is 39.0 Å². The smallest absolute Gasteiger partial charge is 0.163 e. The van der Waals surface area contributed by atoms with Gasteiger partial charge >= 0.3 is 0 Å². The molecule has 0 bridgehead atoms. The first-order chi connectivity index (χ1) is 11.1. The van der Waals surface area contributed by atoms with Crippen LogP contribution in [0.5, 0.6) is 5.75 Å². The minimum absolute atomic E-state index is 0.0226. The van der Waals surface area contributed by atoms with E-state index in [-0.39, 0.29) is 5.78 Å². The van der Waals surface area contributed by atoms with Crippen molar-refractivity contribution in [3.05, 3.63) is 47.6 Å². The second-order valence-electron chi connectivity index (χ2n) is 5.13. The van der Waals surface area contributed by atoms with Crippen molar-refractivity contribution in [3.8, 4) is 16.9 Å². The molecule has 2 rings (SSSR count). The highest BCUT2D eigenvalue weighted by Gasteiger charge is 2.16. The number of hydrogen-bond donors (Lipinski definition) is 0. The van der Waals surface area contributed by atoms with Crippen LogP contribution in [0, 0.1) is 13.8 Å². The standard InChI is InChI=1S/C18H21NO4/c1-5-22-9-8-15(20)10-14-6-7-16(17(11-14)21-4)18-12(2)19-23-13(18)3/h6-9,11H,5,10H2,1-4H3/b9-8+. The Kier molecular flexibility index (Phi) is 5.57. The molecule has 122 valence electrons. The highest BCUT2D eigenvalue weighted by molar-refractivity contribution is 5.91. The van der Waals surface area contributed by atoms with Gasteiger partial charge in [0, 0.05) is 18.1 Å². The fourth-order valence-corrected chi connectivity index (χ4v) is 2.40. The van der Waals surface area contributed by atoms with Crippen molar-refractivity contribution >= 4 is 5.78 Å². The third-order valence-corrected chi connectivity index (χ3v) is 3.46. The van der Waals surface area contributed by atoms with Crippen molar-refractivity contribution in [1.29, 1.82) is 0 Å². The average Bonchev–Trinajstić information content (AvgIpc) is 2.86. The first-order valence-electron chi connectivity index (χ1n) is 7.48. The Balaban J connectivity index is 2.25. The van der Waals surface area contributed by atoms with Crippen LogP contribution >= 0.6 is 0 Å². The molecular weight excluding hydrogens is 294 g/mol. The summed E-state index contributed by atoms with van der Waals surface area (Å²) in [4.78, 5) is 11.9. The van der Waals surface area contributed by atoms with Gasteiger partial charge in [-0.1, -0.05) is 17.3 Å². The van der Waals surface area contributed by atoms with Gasteiger partial charge in [-0.05, 0) is 32.4 Å². The lowest BCUT2D eigenvalue weighted by Gasteiger charge is -2.10. The Morgan fingerprint density at radius 1 is 1.35 bits per heavy atom. The van der Waals surface area contributed by atoms with E-state index >= 15 is 0 Å². The number of aromatic nitrogens is 1. The van der Waals surface area contributed by atoms with Crippen molar-refractivity contribution in [3.63, 3.8) is 0 Å². The first-order valence-corrected chi connectivity index (χ1v) is 7.48. The van der Waals surface area contributed by atoms with Crippen molar-refractivity contribution in [2.75, 3.05) is 13.7 Å². The van der Waals surface area contributed by atoms with E-state index in [4.69, 9.17) is 14.0 Å². The number of carbonyl (C=O) groups is 1. The number of hydrogen-bond acceptors (Lipinski definition) is 5. The lowest BCUT2D eigenvalue weighted by Crippen LogP contribution is -2.00. The predicted molar refractivity (Wildman–Crippen MR) is 87.4 cm³/mol. The number of ether oxygens (including phenoxy) is 2. The van der Waals surface area contributed by atoms with Gasteiger partial charge in [-0.2, -0.15) is 0 Å². The lowest BCUT2D eigenvalue weighted by atomic mass is 9.99. The monoisotopic (exact) mass is 315 g/mol. The molecule has 0 unspecified atom stereocenters. The summed E-state index contributed by atoms with van der Waals surface area (Å²) in [7, 11) is 1.61. The molecule has 0 spiro atoms. The maximum atomic E-state index is 11.9. The third kappa shape index (κ3) is 4.00. The second-order valence-corrected chi connectivity index (χ2v) is 5.13. The summed E-state index contributed by atoms with van der Waals surface area (Å²) in [5.74, 6) is 1.41. The maximum Gasteiger partial charge on any atom is 0.163 e. The van der Waals surface area contributed by atoms with Crippen LogP contribution in [-0.2, 0) is 16.0 Å². The normalized spacial score (nSPS) is 11.0. The number of nitrogens with zero attached hydrogens (tertiary/aromatic N) is 1. The first kappa shape index (κ1) is 16.8. The minimum atomic E-state index is -0.0226. The molecule has 0 saturated heterocycles. The molecule has 0 aliphatic rings. The van der Waals surface area contributed by atoms with Gasteiger partial charge in [0.1, 0.15) is 11.5 Å². The van der Waals surface area contributed by atoms with E-state index in [0.29, 0.717) is 18.8 Å². The third-order valence-electron chi connectivity index (χ3n) is 3.46. The van der Waals surface area contributed by atoms with Crippen molar-refractivity contribution in [1.82, 2.24) is 5.16 Å². The number of methoxy groups -OCH3 is 1. The molecule has 0 aliphatic carbocycles. The van der Waals surface area contributed by atoms with Crippen LogP contribution in [0.2, 0.25) is 0 Å². The van der Waals surface area contributed by atoms with Crippen molar-refractivity contribution in [2.45, 2.75) is 27.2 Å². The van der Waals surface area contributed by atoms with Crippen LogP contribution in [0.15, 0.2) is 35.1 Å². The molecule has 0 fully saturated rings. The second kappa shape index (κ2) is 7.63. The molecule has 1 heterocycles. The predicted octanol–water partition coefficient (Wildman–Crippen LogP) is 3.63. The molecule has 0 amide bonds. The van der Waals surface area contributed by atoms with Gasteiger partial charge in [0.05, 0.1) is 31.2 Å². The summed E-state index contributed by atoms with van der Waals surface area (Å²) < 4.78 is 15.7. The molecule has 2 aromatic rings. The zero-order valence-corrected chi connectivity index (χ0v) is 13.9. The molecule has 23 heavy (non-hydrogen) atoms. The number of benzene rings is 1.